The zero-order chi connectivity index (χ0) is 11.0. The third kappa shape index (κ3) is 3.33. The smallest absolute Gasteiger partial charge is 0.108 e. The number of nitriles is 2. The highest BCUT2D eigenvalue weighted by Gasteiger charge is 2.09. The van der Waals surface area contributed by atoms with Gasteiger partial charge in [-0.05, 0) is 6.07 Å². The largest absolute Gasteiger partial charge is 0.468 e. The summed E-state index contributed by atoms with van der Waals surface area (Å²) >= 11 is 0. The Bertz CT molecular complexity index is 341. The number of hydrogen-bond donors (Lipinski definition) is 0. The van der Waals surface area contributed by atoms with E-state index in [-0.39, 0.29) is 5.92 Å². The molecule has 0 bridgehead atoms. The van der Waals surface area contributed by atoms with E-state index in [9.17, 15) is 0 Å². The van der Waals surface area contributed by atoms with E-state index in [4.69, 9.17) is 14.9 Å². The lowest BCUT2D eigenvalue weighted by atomic mass is 10.1. The molecule has 1 aromatic rings. The topological polar surface area (TPSA) is 60.7 Å². The van der Waals surface area contributed by atoms with Crippen molar-refractivity contribution in [3.63, 3.8) is 0 Å². The van der Waals surface area contributed by atoms with Crippen molar-refractivity contribution in [1.82, 2.24) is 0 Å². The second-order valence-corrected chi connectivity index (χ2v) is 2.61. The Morgan fingerprint density at radius 2 is 2.07 bits per heavy atom. The third-order valence-electron chi connectivity index (χ3n) is 1.63. The SMILES string of the molecule is CC.CC(CC#N)c1cc(C#N)co1. The molecule has 3 nitrogen and oxygen atoms in total. The van der Waals surface area contributed by atoms with Gasteiger partial charge in [-0.1, -0.05) is 20.8 Å². The summed E-state index contributed by atoms with van der Waals surface area (Å²) < 4.78 is 5.10. The van der Waals surface area contributed by atoms with Crippen molar-refractivity contribution in [2.45, 2.75) is 33.1 Å². The Balaban J connectivity index is 0.000000791. The maximum absolute atomic E-state index is 8.49. The monoisotopic (exact) mass is 190 g/mol. The van der Waals surface area contributed by atoms with Crippen LogP contribution in [-0.4, -0.2) is 0 Å². The molecule has 0 spiro atoms. The van der Waals surface area contributed by atoms with Gasteiger partial charge in [-0.25, -0.2) is 0 Å². The van der Waals surface area contributed by atoms with Crippen LogP contribution in [0, 0.1) is 22.7 Å². The molecule has 1 heterocycles. The van der Waals surface area contributed by atoms with Gasteiger partial charge in [0.05, 0.1) is 11.6 Å². The maximum atomic E-state index is 8.49. The Kier molecular flexibility index (Phi) is 5.90. The van der Waals surface area contributed by atoms with Gasteiger partial charge >= 0.3 is 0 Å². The Labute approximate surface area is 84.6 Å². The predicted octanol–water partition coefficient (Wildman–Crippen LogP) is 3.19. The van der Waals surface area contributed by atoms with Gasteiger partial charge < -0.3 is 4.42 Å². The Morgan fingerprint density at radius 3 is 2.50 bits per heavy atom. The first-order valence-corrected chi connectivity index (χ1v) is 4.63. The summed E-state index contributed by atoms with van der Waals surface area (Å²) in [4.78, 5) is 0. The van der Waals surface area contributed by atoms with Crippen LogP contribution in [0.5, 0.6) is 0 Å². The fourth-order valence-corrected chi connectivity index (χ4v) is 0.907. The van der Waals surface area contributed by atoms with E-state index in [1.807, 2.05) is 26.8 Å². The van der Waals surface area contributed by atoms with Gasteiger partial charge in [0.2, 0.25) is 0 Å². The van der Waals surface area contributed by atoms with Crippen LogP contribution < -0.4 is 0 Å². The molecule has 14 heavy (non-hydrogen) atoms. The highest BCUT2D eigenvalue weighted by Crippen LogP contribution is 2.20. The quantitative estimate of drug-likeness (QED) is 0.719. The van der Waals surface area contributed by atoms with Gasteiger partial charge in [-0.3, -0.25) is 0 Å². The highest BCUT2D eigenvalue weighted by atomic mass is 16.3. The second-order valence-electron chi connectivity index (χ2n) is 2.61. The summed E-state index contributed by atoms with van der Waals surface area (Å²) in [6.07, 6.45) is 1.82. The Morgan fingerprint density at radius 1 is 1.43 bits per heavy atom. The summed E-state index contributed by atoms with van der Waals surface area (Å²) in [5.41, 5.74) is 0.509. The fraction of sp³-hybridized carbons (Fsp3) is 0.455. The molecule has 74 valence electrons. The van der Waals surface area contributed by atoms with Crippen LogP contribution >= 0.6 is 0 Å². The highest BCUT2D eigenvalue weighted by molar-refractivity contribution is 5.27. The van der Waals surface area contributed by atoms with Crippen LogP contribution in [0.1, 0.15) is 44.4 Å². The lowest BCUT2D eigenvalue weighted by Gasteiger charge is -1.99. The molecule has 0 aliphatic rings. The molecule has 1 rings (SSSR count). The van der Waals surface area contributed by atoms with Crippen LogP contribution in [0.4, 0.5) is 0 Å². The van der Waals surface area contributed by atoms with E-state index in [1.54, 1.807) is 6.07 Å². The van der Waals surface area contributed by atoms with Crippen LogP contribution in [0.15, 0.2) is 16.7 Å². The van der Waals surface area contributed by atoms with E-state index < -0.39 is 0 Å². The minimum absolute atomic E-state index is 0.0668. The fourth-order valence-electron chi connectivity index (χ4n) is 0.907. The lowest BCUT2D eigenvalue weighted by Crippen LogP contribution is -1.87. The molecular formula is C11H14N2O. The third-order valence-corrected chi connectivity index (χ3v) is 1.63. The van der Waals surface area contributed by atoms with Crippen LogP contribution in [0.2, 0.25) is 0 Å². The molecule has 3 heteroatoms. The molecule has 0 radical (unpaired) electrons. The minimum atomic E-state index is 0.0668. The van der Waals surface area contributed by atoms with E-state index >= 15 is 0 Å². The van der Waals surface area contributed by atoms with Gasteiger partial charge in [0.25, 0.3) is 0 Å². The van der Waals surface area contributed by atoms with Crippen molar-refractivity contribution in [3.05, 3.63) is 23.7 Å². The van der Waals surface area contributed by atoms with E-state index in [0.717, 1.165) is 0 Å². The van der Waals surface area contributed by atoms with Crippen LogP contribution in [0.3, 0.4) is 0 Å². The summed E-state index contributed by atoms with van der Waals surface area (Å²) in [7, 11) is 0. The molecule has 0 amide bonds. The normalized spacial score (nSPS) is 10.4. The molecule has 0 saturated carbocycles. The standard InChI is InChI=1S/C9H8N2O.C2H6/c1-7(2-3-10)9-4-8(5-11)6-12-9;1-2/h4,6-7H,2H2,1H3;1-2H3. The van der Waals surface area contributed by atoms with Gasteiger partial charge in [-0.2, -0.15) is 10.5 Å². The molecule has 1 aromatic heterocycles. The minimum Gasteiger partial charge on any atom is -0.468 e. The second kappa shape index (κ2) is 6.74. The number of rotatable bonds is 2. The average molecular weight is 190 g/mol. The summed E-state index contributed by atoms with van der Waals surface area (Å²) in [5.74, 6) is 0.769. The number of hydrogen-bond acceptors (Lipinski definition) is 3. The molecule has 0 aliphatic heterocycles. The molecule has 0 aliphatic carbocycles. The predicted molar refractivity (Wildman–Crippen MR) is 53.4 cm³/mol. The van der Waals surface area contributed by atoms with Crippen molar-refractivity contribution in [2.24, 2.45) is 0 Å². The van der Waals surface area contributed by atoms with Crippen molar-refractivity contribution >= 4 is 0 Å². The maximum Gasteiger partial charge on any atom is 0.108 e. The summed E-state index contributed by atoms with van der Waals surface area (Å²) in [6, 6.07) is 5.69. The molecular weight excluding hydrogens is 176 g/mol. The van der Waals surface area contributed by atoms with Crippen molar-refractivity contribution < 1.29 is 4.42 Å². The van der Waals surface area contributed by atoms with Crippen LogP contribution in [-0.2, 0) is 0 Å². The molecule has 0 fully saturated rings. The first-order chi connectivity index (χ1) is 6.77. The van der Waals surface area contributed by atoms with Gasteiger partial charge in [0.15, 0.2) is 0 Å². The zero-order valence-corrected chi connectivity index (χ0v) is 8.74. The van der Waals surface area contributed by atoms with Crippen molar-refractivity contribution in [2.75, 3.05) is 0 Å². The summed E-state index contributed by atoms with van der Waals surface area (Å²) in [5, 5.41) is 16.9. The first-order valence-electron chi connectivity index (χ1n) is 4.63. The van der Waals surface area contributed by atoms with E-state index in [0.29, 0.717) is 17.7 Å². The average Bonchev–Trinajstić information content (AvgIpc) is 2.69. The molecule has 1 atom stereocenters. The summed E-state index contributed by atoms with van der Waals surface area (Å²) in [6.45, 7) is 5.89. The lowest BCUT2D eigenvalue weighted by molar-refractivity contribution is 0.477. The van der Waals surface area contributed by atoms with Gasteiger partial charge in [0, 0.05) is 12.3 Å². The van der Waals surface area contributed by atoms with E-state index in [1.165, 1.54) is 6.26 Å². The van der Waals surface area contributed by atoms with Crippen LogP contribution in [0.25, 0.3) is 0 Å². The molecule has 0 aromatic carbocycles. The molecule has 1 unspecified atom stereocenters. The van der Waals surface area contributed by atoms with Crippen molar-refractivity contribution in [1.29, 1.82) is 10.5 Å². The van der Waals surface area contributed by atoms with Gasteiger partial charge in [0.1, 0.15) is 18.1 Å². The molecule has 0 N–H and O–H groups in total. The van der Waals surface area contributed by atoms with Crippen molar-refractivity contribution in [3.8, 4) is 12.1 Å². The van der Waals surface area contributed by atoms with E-state index in [2.05, 4.69) is 6.07 Å². The zero-order valence-electron chi connectivity index (χ0n) is 8.74. The number of furan rings is 1. The van der Waals surface area contributed by atoms with Gasteiger partial charge in [-0.15, -0.1) is 0 Å². The Hall–Kier alpha value is -1.74. The first kappa shape index (κ1) is 12.3. The molecule has 0 saturated heterocycles. The number of nitrogens with zero attached hydrogens (tertiary/aromatic N) is 2.